The Kier molecular flexibility index (Phi) is 6.03. The SMILES string of the molecule is Cc1ccc(NCC(=O)Nc2nc(-c3ccccc3)cc(-c3ccccc3)n2)cc1C. The minimum absolute atomic E-state index is 0.127. The molecular formula is C26H24N4O. The lowest BCUT2D eigenvalue weighted by atomic mass is 10.1. The summed E-state index contributed by atoms with van der Waals surface area (Å²) < 4.78 is 0. The smallest absolute Gasteiger partial charge is 0.246 e. The number of carbonyl (C=O) groups is 1. The van der Waals surface area contributed by atoms with Gasteiger partial charge in [0.1, 0.15) is 0 Å². The zero-order valence-corrected chi connectivity index (χ0v) is 17.6. The molecule has 1 amide bonds. The van der Waals surface area contributed by atoms with E-state index in [9.17, 15) is 4.79 Å². The molecule has 31 heavy (non-hydrogen) atoms. The topological polar surface area (TPSA) is 66.9 Å². The van der Waals surface area contributed by atoms with Gasteiger partial charge in [0.2, 0.25) is 11.9 Å². The van der Waals surface area contributed by atoms with E-state index in [-0.39, 0.29) is 18.4 Å². The molecule has 0 bridgehead atoms. The maximum absolute atomic E-state index is 12.6. The minimum atomic E-state index is -0.206. The number of aromatic nitrogens is 2. The Morgan fingerprint density at radius 1 is 0.742 bits per heavy atom. The molecule has 5 heteroatoms. The Bertz CT molecular complexity index is 1130. The van der Waals surface area contributed by atoms with E-state index in [1.54, 1.807) is 0 Å². The molecule has 3 aromatic carbocycles. The van der Waals surface area contributed by atoms with E-state index in [2.05, 4.69) is 34.4 Å². The molecule has 0 saturated carbocycles. The fourth-order valence-electron chi connectivity index (χ4n) is 3.22. The van der Waals surface area contributed by atoms with Gasteiger partial charge in [-0.25, -0.2) is 9.97 Å². The molecule has 0 aliphatic heterocycles. The van der Waals surface area contributed by atoms with Crippen molar-refractivity contribution < 1.29 is 4.79 Å². The highest BCUT2D eigenvalue weighted by molar-refractivity contribution is 5.92. The van der Waals surface area contributed by atoms with Gasteiger partial charge < -0.3 is 5.32 Å². The van der Waals surface area contributed by atoms with Crippen molar-refractivity contribution in [3.05, 3.63) is 96.1 Å². The van der Waals surface area contributed by atoms with Crippen molar-refractivity contribution in [2.45, 2.75) is 13.8 Å². The lowest BCUT2D eigenvalue weighted by molar-refractivity contribution is -0.114. The zero-order valence-electron chi connectivity index (χ0n) is 17.6. The number of aryl methyl sites for hydroxylation is 2. The molecular weight excluding hydrogens is 384 g/mol. The molecule has 0 radical (unpaired) electrons. The van der Waals surface area contributed by atoms with Gasteiger partial charge in [-0.2, -0.15) is 0 Å². The molecule has 4 aromatic rings. The summed E-state index contributed by atoms with van der Waals surface area (Å²) in [4.78, 5) is 21.7. The van der Waals surface area contributed by atoms with Crippen LogP contribution in [0.1, 0.15) is 11.1 Å². The van der Waals surface area contributed by atoms with Crippen molar-refractivity contribution in [1.82, 2.24) is 9.97 Å². The minimum Gasteiger partial charge on any atom is -0.376 e. The Morgan fingerprint density at radius 2 is 1.32 bits per heavy atom. The molecule has 0 spiro atoms. The van der Waals surface area contributed by atoms with Gasteiger partial charge in [0.05, 0.1) is 17.9 Å². The Balaban J connectivity index is 1.56. The van der Waals surface area contributed by atoms with Crippen molar-refractivity contribution >= 4 is 17.5 Å². The summed E-state index contributed by atoms with van der Waals surface area (Å²) in [6, 6.07) is 27.7. The maximum Gasteiger partial charge on any atom is 0.246 e. The van der Waals surface area contributed by atoms with Crippen LogP contribution in [0.4, 0.5) is 11.6 Å². The van der Waals surface area contributed by atoms with Gasteiger partial charge >= 0.3 is 0 Å². The summed E-state index contributed by atoms with van der Waals surface area (Å²) in [6.45, 7) is 4.24. The molecule has 0 aliphatic rings. The summed E-state index contributed by atoms with van der Waals surface area (Å²) in [5, 5.41) is 5.99. The van der Waals surface area contributed by atoms with E-state index in [0.717, 1.165) is 28.2 Å². The predicted molar refractivity (Wildman–Crippen MR) is 126 cm³/mol. The summed E-state index contributed by atoms with van der Waals surface area (Å²) in [7, 11) is 0. The standard InChI is InChI=1S/C26H24N4O/c1-18-13-14-22(15-19(18)2)27-17-25(31)30-26-28-23(20-9-5-3-6-10-20)16-24(29-26)21-11-7-4-8-12-21/h3-16,27H,17H2,1-2H3,(H,28,29,30,31). The number of nitrogens with one attached hydrogen (secondary N) is 2. The Labute approximate surface area is 182 Å². The molecule has 0 atom stereocenters. The summed E-state index contributed by atoms with van der Waals surface area (Å²) in [5.41, 5.74) is 6.74. The first-order chi connectivity index (χ1) is 15.1. The molecule has 0 aliphatic carbocycles. The fraction of sp³-hybridized carbons (Fsp3) is 0.115. The average Bonchev–Trinajstić information content (AvgIpc) is 2.81. The van der Waals surface area contributed by atoms with Crippen molar-refractivity contribution in [2.75, 3.05) is 17.2 Å². The quantitative estimate of drug-likeness (QED) is 0.443. The average molecular weight is 409 g/mol. The monoisotopic (exact) mass is 408 g/mol. The second-order valence-corrected chi connectivity index (χ2v) is 7.39. The third kappa shape index (κ3) is 5.14. The van der Waals surface area contributed by atoms with Gasteiger partial charge in [-0.1, -0.05) is 66.7 Å². The Morgan fingerprint density at radius 3 is 1.87 bits per heavy atom. The Hall–Kier alpha value is -3.99. The molecule has 1 aromatic heterocycles. The summed E-state index contributed by atoms with van der Waals surface area (Å²) in [5.74, 6) is 0.0783. The van der Waals surface area contributed by atoms with Crippen molar-refractivity contribution in [1.29, 1.82) is 0 Å². The van der Waals surface area contributed by atoms with E-state index in [0.29, 0.717) is 0 Å². The number of amides is 1. The van der Waals surface area contributed by atoms with Crippen molar-refractivity contribution in [3.8, 4) is 22.5 Å². The van der Waals surface area contributed by atoms with Gasteiger partial charge in [0.15, 0.2) is 0 Å². The number of benzene rings is 3. The molecule has 0 saturated heterocycles. The molecule has 5 nitrogen and oxygen atoms in total. The van der Waals surface area contributed by atoms with Crippen LogP contribution in [0.5, 0.6) is 0 Å². The fourth-order valence-corrected chi connectivity index (χ4v) is 3.22. The number of hydrogen-bond donors (Lipinski definition) is 2. The zero-order chi connectivity index (χ0) is 21.6. The predicted octanol–water partition coefficient (Wildman–Crippen LogP) is 5.48. The van der Waals surface area contributed by atoms with Crippen LogP contribution < -0.4 is 10.6 Å². The third-order valence-corrected chi connectivity index (χ3v) is 5.08. The summed E-state index contributed by atoms with van der Waals surface area (Å²) in [6.07, 6.45) is 0. The number of anilines is 2. The highest BCUT2D eigenvalue weighted by atomic mass is 16.2. The molecule has 1 heterocycles. The molecule has 154 valence electrons. The van der Waals surface area contributed by atoms with Crippen LogP contribution in [-0.4, -0.2) is 22.4 Å². The lowest BCUT2D eigenvalue weighted by Gasteiger charge is -2.11. The van der Waals surface area contributed by atoms with Crippen molar-refractivity contribution in [2.24, 2.45) is 0 Å². The first-order valence-corrected chi connectivity index (χ1v) is 10.2. The van der Waals surface area contributed by atoms with Crippen LogP contribution in [0, 0.1) is 13.8 Å². The third-order valence-electron chi connectivity index (χ3n) is 5.08. The molecule has 0 unspecified atom stereocenters. The van der Waals surface area contributed by atoms with E-state index in [4.69, 9.17) is 0 Å². The first kappa shape index (κ1) is 20.3. The lowest BCUT2D eigenvalue weighted by Crippen LogP contribution is -2.23. The summed E-state index contributed by atoms with van der Waals surface area (Å²) >= 11 is 0. The first-order valence-electron chi connectivity index (χ1n) is 10.2. The van der Waals surface area contributed by atoms with E-state index >= 15 is 0 Å². The number of rotatable bonds is 6. The van der Waals surface area contributed by atoms with E-state index < -0.39 is 0 Å². The highest BCUT2D eigenvalue weighted by Crippen LogP contribution is 2.25. The normalized spacial score (nSPS) is 10.5. The van der Waals surface area contributed by atoms with Crippen LogP contribution in [0.3, 0.4) is 0 Å². The van der Waals surface area contributed by atoms with Crippen LogP contribution in [0.15, 0.2) is 84.9 Å². The van der Waals surface area contributed by atoms with Crippen LogP contribution in [-0.2, 0) is 4.79 Å². The van der Waals surface area contributed by atoms with Gasteiger partial charge in [0.25, 0.3) is 0 Å². The van der Waals surface area contributed by atoms with E-state index in [1.165, 1.54) is 11.1 Å². The second-order valence-electron chi connectivity index (χ2n) is 7.39. The van der Waals surface area contributed by atoms with Gasteiger partial charge in [-0.3, -0.25) is 10.1 Å². The molecule has 2 N–H and O–H groups in total. The van der Waals surface area contributed by atoms with E-state index in [1.807, 2.05) is 84.9 Å². The van der Waals surface area contributed by atoms with Gasteiger partial charge in [-0.05, 0) is 43.2 Å². The van der Waals surface area contributed by atoms with Gasteiger partial charge in [0, 0.05) is 16.8 Å². The van der Waals surface area contributed by atoms with Crippen LogP contribution in [0.2, 0.25) is 0 Å². The van der Waals surface area contributed by atoms with Gasteiger partial charge in [-0.15, -0.1) is 0 Å². The van der Waals surface area contributed by atoms with Crippen LogP contribution in [0.25, 0.3) is 22.5 Å². The molecule has 0 fully saturated rings. The molecule has 4 rings (SSSR count). The number of carbonyl (C=O) groups excluding carboxylic acids is 1. The number of nitrogens with zero attached hydrogens (tertiary/aromatic N) is 2. The van der Waals surface area contributed by atoms with Crippen LogP contribution >= 0.6 is 0 Å². The largest absolute Gasteiger partial charge is 0.376 e. The highest BCUT2D eigenvalue weighted by Gasteiger charge is 2.11. The second kappa shape index (κ2) is 9.22. The number of hydrogen-bond acceptors (Lipinski definition) is 4. The maximum atomic E-state index is 12.6. The van der Waals surface area contributed by atoms with Crippen molar-refractivity contribution in [3.63, 3.8) is 0 Å².